The van der Waals surface area contributed by atoms with E-state index < -0.39 is 97.5 Å². The highest BCUT2D eigenvalue weighted by Crippen LogP contribution is 2.45. The Kier molecular flexibility index (Phi) is 70.3. The Morgan fingerprint density at radius 1 is 0.273 bits per heavy atom. The van der Waals surface area contributed by atoms with Crippen molar-refractivity contribution in [3.63, 3.8) is 0 Å². The van der Waals surface area contributed by atoms with Crippen molar-refractivity contribution >= 4 is 39.5 Å². The summed E-state index contributed by atoms with van der Waals surface area (Å²) >= 11 is 0. The highest BCUT2D eigenvalue weighted by atomic mass is 31.2. The Labute approximate surface area is 607 Å². The first kappa shape index (κ1) is 97.1. The Balaban J connectivity index is 5.12. The van der Waals surface area contributed by atoms with E-state index in [9.17, 15) is 43.2 Å². The molecule has 588 valence electrons. The number of carbonyl (C=O) groups is 4. The van der Waals surface area contributed by atoms with Gasteiger partial charge in [0.25, 0.3) is 0 Å². The number of aliphatic hydroxyl groups excluding tert-OH is 1. The predicted molar refractivity (Wildman–Crippen MR) is 405 cm³/mol. The van der Waals surface area contributed by atoms with Crippen molar-refractivity contribution in [1.82, 2.24) is 0 Å². The summed E-state index contributed by atoms with van der Waals surface area (Å²) in [5.41, 5.74) is 0. The van der Waals surface area contributed by atoms with E-state index in [-0.39, 0.29) is 25.7 Å². The smallest absolute Gasteiger partial charge is 0.462 e. The van der Waals surface area contributed by atoms with Crippen molar-refractivity contribution in [2.24, 2.45) is 11.8 Å². The number of hydrogen-bond acceptors (Lipinski definition) is 15. The lowest BCUT2D eigenvalue weighted by Crippen LogP contribution is -2.30. The molecule has 17 nitrogen and oxygen atoms in total. The first-order chi connectivity index (χ1) is 47.9. The van der Waals surface area contributed by atoms with Gasteiger partial charge in [0.05, 0.1) is 26.4 Å². The molecule has 0 aromatic rings. The zero-order valence-corrected chi connectivity index (χ0v) is 66.6. The fourth-order valence-corrected chi connectivity index (χ4v) is 13.9. The average Bonchev–Trinajstić information content (AvgIpc) is 0.986. The second-order valence-corrected chi connectivity index (χ2v) is 32.7. The second kappa shape index (κ2) is 71.7. The lowest BCUT2D eigenvalue weighted by atomic mass is 10.0. The molecule has 3 N–H and O–H groups in total. The molecule has 0 aromatic heterocycles. The van der Waals surface area contributed by atoms with Crippen LogP contribution in [0.2, 0.25) is 0 Å². The van der Waals surface area contributed by atoms with Gasteiger partial charge in [-0.3, -0.25) is 37.3 Å². The van der Waals surface area contributed by atoms with Gasteiger partial charge < -0.3 is 33.8 Å². The SMILES string of the molecule is CCCCCCCCCCCCCCCCCCCCCCCC(=O)O[C@H](COC(=O)CCCCCCCCCCCCCCCCC(C)C)COP(=O)(O)OC[C@@H](O)COP(=O)(O)OC[C@@H](COC(=O)CCCCCCC)OC(=O)CCCCCCCCCCCCCCCC(C)C. The highest BCUT2D eigenvalue weighted by molar-refractivity contribution is 7.47. The summed E-state index contributed by atoms with van der Waals surface area (Å²) in [5, 5.41) is 10.6. The first-order valence-corrected chi connectivity index (χ1v) is 44.5. The number of phosphoric acid groups is 2. The molecule has 0 aliphatic rings. The molecular weight excluding hydrogens is 1290 g/mol. The molecule has 0 saturated carbocycles. The summed E-state index contributed by atoms with van der Waals surface area (Å²) in [6.07, 6.45) is 61.6. The Morgan fingerprint density at radius 3 is 0.687 bits per heavy atom. The van der Waals surface area contributed by atoms with Gasteiger partial charge in [0.1, 0.15) is 19.3 Å². The second-order valence-electron chi connectivity index (χ2n) is 29.8. The normalized spacial score (nSPS) is 13.9. The van der Waals surface area contributed by atoms with Gasteiger partial charge >= 0.3 is 39.5 Å². The quantitative estimate of drug-likeness (QED) is 0.0222. The van der Waals surface area contributed by atoms with Crippen LogP contribution in [0.15, 0.2) is 0 Å². The molecule has 0 fully saturated rings. The third-order valence-corrected chi connectivity index (χ3v) is 20.6. The van der Waals surface area contributed by atoms with Crippen LogP contribution in [-0.2, 0) is 65.4 Å². The lowest BCUT2D eigenvalue weighted by molar-refractivity contribution is -0.161. The number of hydrogen-bond donors (Lipinski definition) is 3. The number of aliphatic hydroxyl groups is 1. The van der Waals surface area contributed by atoms with Crippen molar-refractivity contribution in [2.75, 3.05) is 39.6 Å². The summed E-state index contributed by atoms with van der Waals surface area (Å²) in [4.78, 5) is 72.7. The lowest BCUT2D eigenvalue weighted by Gasteiger charge is -2.21. The third-order valence-electron chi connectivity index (χ3n) is 18.7. The summed E-state index contributed by atoms with van der Waals surface area (Å²) in [7, 11) is -9.91. The standard InChI is InChI=1S/C80H156O17P2/c1-7-9-11-13-14-15-16-17-18-19-20-21-22-23-24-31-36-41-46-52-58-65-80(85)97-76(69-91-78(83)63-57-51-45-40-35-30-26-25-28-33-38-43-49-54-60-72(3)4)71-95-99(88,89)93-67-74(81)66-92-98(86,87)94-70-75(68-90-77(82)62-56-48-12-10-8-2)96-79(84)64-59-53-47-42-37-32-27-29-34-39-44-50-55-61-73(5)6/h72-76,81H,7-71H2,1-6H3,(H,86,87)(H,88,89)/t74-,75+,76+/m0/s1. The van der Waals surface area contributed by atoms with Crippen LogP contribution in [0.25, 0.3) is 0 Å². The molecule has 2 unspecified atom stereocenters. The van der Waals surface area contributed by atoms with E-state index in [2.05, 4.69) is 41.5 Å². The maximum absolute atomic E-state index is 13.1. The zero-order chi connectivity index (χ0) is 72.8. The fraction of sp³-hybridized carbons (Fsp3) is 0.950. The molecule has 0 aromatic carbocycles. The fourth-order valence-electron chi connectivity index (χ4n) is 12.4. The molecule has 99 heavy (non-hydrogen) atoms. The Hall–Kier alpha value is -1.94. The van der Waals surface area contributed by atoms with Crippen molar-refractivity contribution < 1.29 is 80.2 Å². The minimum atomic E-state index is -4.96. The van der Waals surface area contributed by atoms with E-state index in [0.717, 1.165) is 108 Å². The van der Waals surface area contributed by atoms with Crippen LogP contribution in [0.3, 0.4) is 0 Å². The van der Waals surface area contributed by atoms with Gasteiger partial charge in [0, 0.05) is 25.7 Å². The molecule has 0 aliphatic heterocycles. The average molecular weight is 1450 g/mol. The minimum absolute atomic E-state index is 0.106. The van der Waals surface area contributed by atoms with Crippen LogP contribution in [-0.4, -0.2) is 96.7 Å². The molecular formula is C80H156O17P2. The molecule has 0 radical (unpaired) electrons. The Morgan fingerprint density at radius 2 is 0.465 bits per heavy atom. The van der Waals surface area contributed by atoms with Crippen LogP contribution in [0, 0.1) is 11.8 Å². The van der Waals surface area contributed by atoms with Gasteiger partial charge in [-0.25, -0.2) is 9.13 Å². The maximum atomic E-state index is 13.1. The van der Waals surface area contributed by atoms with E-state index in [4.69, 9.17) is 37.0 Å². The molecule has 0 heterocycles. The molecule has 0 bridgehead atoms. The third kappa shape index (κ3) is 74.1. The number of phosphoric ester groups is 2. The van der Waals surface area contributed by atoms with Gasteiger partial charge in [0.15, 0.2) is 12.2 Å². The molecule has 0 aliphatic carbocycles. The number of rotatable bonds is 79. The van der Waals surface area contributed by atoms with Crippen LogP contribution < -0.4 is 0 Å². The van der Waals surface area contributed by atoms with E-state index in [0.29, 0.717) is 25.7 Å². The summed E-state index contributed by atoms with van der Waals surface area (Å²) < 4.78 is 68.4. The molecule has 0 spiro atoms. The van der Waals surface area contributed by atoms with E-state index >= 15 is 0 Å². The van der Waals surface area contributed by atoms with Gasteiger partial charge in [-0.05, 0) is 37.5 Å². The van der Waals surface area contributed by atoms with Gasteiger partial charge in [-0.1, -0.05) is 369 Å². The Bertz CT molecular complexity index is 1910. The largest absolute Gasteiger partial charge is 0.472 e. The van der Waals surface area contributed by atoms with E-state index in [1.54, 1.807) is 0 Å². The number of unbranched alkanes of at least 4 members (excludes halogenated alkanes) is 49. The van der Waals surface area contributed by atoms with E-state index in [1.807, 2.05) is 0 Å². The molecule has 0 amide bonds. The van der Waals surface area contributed by atoms with Gasteiger partial charge in [0.2, 0.25) is 0 Å². The number of esters is 4. The van der Waals surface area contributed by atoms with Crippen molar-refractivity contribution in [1.29, 1.82) is 0 Å². The summed E-state index contributed by atoms with van der Waals surface area (Å²) in [6, 6.07) is 0. The molecule has 0 rings (SSSR count). The van der Waals surface area contributed by atoms with Crippen molar-refractivity contribution in [3.8, 4) is 0 Å². The van der Waals surface area contributed by atoms with Crippen LogP contribution in [0.1, 0.15) is 420 Å². The molecule has 5 atom stereocenters. The first-order valence-electron chi connectivity index (χ1n) is 41.5. The molecule has 19 heteroatoms. The zero-order valence-electron chi connectivity index (χ0n) is 64.8. The number of carbonyl (C=O) groups excluding carboxylic acids is 4. The van der Waals surface area contributed by atoms with E-state index in [1.165, 1.54) is 231 Å². The maximum Gasteiger partial charge on any atom is 0.472 e. The summed E-state index contributed by atoms with van der Waals surface area (Å²) in [6.45, 7) is 9.57. The van der Waals surface area contributed by atoms with Crippen LogP contribution in [0.4, 0.5) is 0 Å². The topological polar surface area (TPSA) is 237 Å². The summed E-state index contributed by atoms with van der Waals surface area (Å²) in [5.74, 6) is -0.536. The minimum Gasteiger partial charge on any atom is -0.462 e. The van der Waals surface area contributed by atoms with Crippen LogP contribution >= 0.6 is 15.6 Å². The van der Waals surface area contributed by atoms with Crippen molar-refractivity contribution in [2.45, 2.75) is 439 Å². The monoisotopic (exact) mass is 1450 g/mol. The van der Waals surface area contributed by atoms with Gasteiger partial charge in [-0.2, -0.15) is 0 Å². The number of ether oxygens (including phenoxy) is 4. The highest BCUT2D eigenvalue weighted by Gasteiger charge is 2.30. The van der Waals surface area contributed by atoms with Crippen molar-refractivity contribution in [3.05, 3.63) is 0 Å². The van der Waals surface area contributed by atoms with Gasteiger partial charge in [-0.15, -0.1) is 0 Å². The predicted octanol–water partition coefficient (Wildman–Crippen LogP) is 23.9. The molecule has 0 saturated heterocycles. The van der Waals surface area contributed by atoms with Crippen LogP contribution in [0.5, 0.6) is 0 Å².